The minimum Gasteiger partial charge on any atom is -0.305 e. The van der Waals surface area contributed by atoms with Gasteiger partial charge in [-0.15, -0.1) is 6.42 Å². The van der Waals surface area contributed by atoms with Crippen molar-refractivity contribution in [3.8, 4) is 12.3 Å². The normalized spacial score (nSPS) is 24.8. The Bertz CT molecular complexity index is 781. The van der Waals surface area contributed by atoms with Gasteiger partial charge in [-0.25, -0.2) is 14.2 Å². The zero-order valence-electron chi connectivity index (χ0n) is 12.5. The van der Waals surface area contributed by atoms with E-state index in [0.717, 1.165) is 24.5 Å². The van der Waals surface area contributed by atoms with E-state index in [0.29, 0.717) is 5.56 Å². The van der Waals surface area contributed by atoms with Gasteiger partial charge in [-0.1, -0.05) is 30.2 Å². The second kappa shape index (κ2) is 5.07. The largest absolute Gasteiger partial charge is 0.305 e. The molecule has 3 aliphatic rings. The van der Waals surface area contributed by atoms with Gasteiger partial charge in [0.25, 0.3) is 0 Å². The monoisotopic (exact) mass is 310 g/mol. The molecular weight excluding hydrogens is 294 g/mol. The Hall–Kier alpha value is -2.38. The molecule has 23 heavy (non-hydrogen) atoms. The molecule has 0 bridgehead atoms. The molecule has 0 radical (unpaired) electrons. The minimum absolute atomic E-state index is 0.0488. The van der Waals surface area contributed by atoms with Gasteiger partial charge in [-0.05, 0) is 36.6 Å². The molecule has 0 amide bonds. The summed E-state index contributed by atoms with van der Waals surface area (Å²) in [7, 11) is 0. The van der Waals surface area contributed by atoms with Crippen LogP contribution in [0.3, 0.4) is 0 Å². The van der Waals surface area contributed by atoms with Gasteiger partial charge in [0, 0.05) is 11.8 Å². The van der Waals surface area contributed by atoms with Gasteiger partial charge in [0.05, 0.1) is 17.5 Å². The lowest BCUT2D eigenvalue weighted by molar-refractivity contribution is 0.160. The number of hydrogen-bond donors (Lipinski definition) is 1. The van der Waals surface area contributed by atoms with Gasteiger partial charge in [0.15, 0.2) is 0 Å². The molecular formula is C19H16F2N2. The first kappa shape index (κ1) is 14.2. The highest BCUT2D eigenvalue weighted by molar-refractivity contribution is 5.40. The maximum atomic E-state index is 14.4. The van der Waals surface area contributed by atoms with Crippen molar-refractivity contribution in [1.82, 2.24) is 10.4 Å². The summed E-state index contributed by atoms with van der Waals surface area (Å²) in [5.41, 5.74) is 4.27. The molecule has 2 atom stereocenters. The number of rotatable bonds is 3. The summed E-state index contributed by atoms with van der Waals surface area (Å²) in [6.07, 6.45) is 17.3. The van der Waals surface area contributed by atoms with Crippen molar-refractivity contribution in [2.24, 2.45) is 5.41 Å². The van der Waals surface area contributed by atoms with Crippen LogP contribution in [0.2, 0.25) is 0 Å². The average molecular weight is 310 g/mol. The van der Waals surface area contributed by atoms with Crippen molar-refractivity contribution < 1.29 is 8.78 Å². The van der Waals surface area contributed by atoms with Gasteiger partial charge in [0.2, 0.25) is 0 Å². The third-order valence-corrected chi connectivity index (χ3v) is 4.77. The van der Waals surface area contributed by atoms with Crippen LogP contribution in [0.4, 0.5) is 8.78 Å². The molecule has 4 rings (SSSR count). The summed E-state index contributed by atoms with van der Waals surface area (Å²) in [5, 5.41) is 1.85. The molecule has 1 aliphatic heterocycles. The Kier molecular flexibility index (Phi) is 3.14. The molecule has 2 nitrogen and oxygen atoms in total. The summed E-state index contributed by atoms with van der Waals surface area (Å²) < 4.78 is 28.1. The lowest BCUT2D eigenvalue weighted by Gasteiger charge is -2.33. The number of hydrazine groups is 1. The van der Waals surface area contributed by atoms with Crippen LogP contribution in [0, 0.1) is 29.4 Å². The van der Waals surface area contributed by atoms with E-state index in [1.54, 1.807) is 0 Å². The number of fused-ring (bicyclic) bond motifs is 1. The zero-order valence-corrected chi connectivity index (χ0v) is 12.5. The van der Waals surface area contributed by atoms with Crippen molar-refractivity contribution in [3.63, 3.8) is 0 Å². The smallest absolute Gasteiger partial charge is 0.128 e. The molecule has 1 saturated carbocycles. The Morgan fingerprint density at radius 3 is 2.83 bits per heavy atom. The van der Waals surface area contributed by atoms with E-state index >= 15 is 0 Å². The molecule has 1 aromatic carbocycles. The number of terminal acetylenes is 1. The van der Waals surface area contributed by atoms with Crippen LogP contribution in [-0.2, 0) is 0 Å². The molecule has 1 heterocycles. The molecule has 116 valence electrons. The standard InChI is InChI=1S/C19H16F2N2/c1-2-19(9-10-19)18(15-11-14(20)7-8-16(15)21)23-12-13-5-3-4-6-17(13)22-23/h1,3-8,11-12,17-18,22H,9-10H2. The lowest BCUT2D eigenvalue weighted by Crippen LogP contribution is -2.41. The third-order valence-electron chi connectivity index (χ3n) is 4.77. The van der Waals surface area contributed by atoms with Crippen molar-refractivity contribution >= 4 is 0 Å². The fourth-order valence-electron chi connectivity index (χ4n) is 3.37. The predicted molar refractivity (Wildman–Crippen MR) is 84.7 cm³/mol. The van der Waals surface area contributed by atoms with Crippen molar-refractivity contribution in [2.75, 3.05) is 0 Å². The van der Waals surface area contributed by atoms with Gasteiger partial charge >= 0.3 is 0 Å². The molecule has 1 fully saturated rings. The average Bonchev–Trinajstić information content (AvgIpc) is 3.22. The van der Waals surface area contributed by atoms with Crippen LogP contribution in [0.15, 0.2) is 54.3 Å². The molecule has 1 aromatic rings. The third kappa shape index (κ3) is 2.29. The molecule has 1 N–H and O–H groups in total. The highest BCUT2D eigenvalue weighted by Gasteiger charge is 2.53. The highest BCUT2D eigenvalue weighted by atomic mass is 19.1. The Morgan fingerprint density at radius 2 is 2.13 bits per heavy atom. The van der Waals surface area contributed by atoms with Gasteiger partial charge in [-0.2, -0.15) is 0 Å². The molecule has 0 spiro atoms. The summed E-state index contributed by atoms with van der Waals surface area (Å²) in [4.78, 5) is 0. The first-order valence-corrected chi connectivity index (χ1v) is 7.67. The number of allylic oxidation sites excluding steroid dienone is 2. The fraction of sp³-hybridized carbons (Fsp3) is 0.263. The number of nitrogens with one attached hydrogen (secondary N) is 1. The van der Waals surface area contributed by atoms with E-state index in [-0.39, 0.29) is 6.04 Å². The van der Waals surface area contributed by atoms with Crippen LogP contribution < -0.4 is 5.43 Å². The minimum atomic E-state index is -0.459. The zero-order chi connectivity index (χ0) is 16.0. The number of nitrogens with zero attached hydrogens (tertiary/aromatic N) is 1. The summed E-state index contributed by atoms with van der Waals surface area (Å²) in [6, 6.07) is 3.17. The van der Waals surface area contributed by atoms with Crippen LogP contribution in [-0.4, -0.2) is 11.1 Å². The number of halogens is 2. The molecule has 2 aliphatic carbocycles. The number of benzene rings is 1. The van der Waals surface area contributed by atoms with E-state index < -0.39 is 23.1 Å². The van der Waals surface area contributed by atoms with Gasteiger partial charge < -0.3 is 5.01 Å². The van der Waals surface area contributed by atoms with E-state index in [4.69, 9.17) is 6.42 Å². The maximum absolute atomic E-state index is 14.4. The molecule has 2 unspecified atom stereocenters. The second-order valence-corrected chi connectivity index (χ2v) is 6.26. The van der Waals surface area contributed by atoms with Crippen LogP contribution >= 0.6 is 0 Å². The van der Waals surface area contributed by atoms with Crippen LogP contribution in [0.1, 0.15) is 24.4 Å². The highest BCUT2D eigenvalue weighted by Crippen LogP contribution is 2.57. The SMILES string of the molecule is C#CC1(C(c2cc(F)ccc2F)N2C=C3C=CC=CC3N2)CC1. The van der Waals surface area contributed by atoms with Gasteiger partial charge in [0.1, 0.15) is 11.6 Å². The molecule has 4 heteroatoms. The van der Waals surface area contributed by atoms with E-state index in [2.05, 4.69) is 11.3 Å². The quantitative estimate of drug-likeness (QED) is 0.858. The van der Waals surface area contributed by atoms with Crippen molar-refractivity contribution in [1.29, 1.82) is 0 Å². The Balaban J connectivity index is 1.78. The summed E-state index contributed by atoms with van der Waals surface area (Å²) >= 11 is 0. The van der Waals surface area contributed by atoms with E-state index in [1.807, 2.05) is 35.5 Å². The predicted octanol–water partition coefficient (Wildman–Crippen LogP) is 3.62. The number of hydrogen-bond acceptors (Lipinski definition) is 2. The van der Waals surface area contributed by atoms with Crippen LogP contribution in [0.5, 0.6) is 0 Å². The maximum Gasteiger partial charge on any atom is 0.128 e. The van der Waals surface area contributed by atoms with E-state index in [1.165, 1.54) is 12.1 Å². The summed E-state index contributed by atoms with van der Waals surface area (Å²) in [5.74, 6) is 1.93. The van der Waals surface area contributed by atoms with Crippen LogP contribution in [0.25, 0.3) is 0 Å². The molecule has 0 saturated heterocycles. The Morgan fingerprint density at radius 1 is 1.30 bits per heavy atom. The first-order chi connectivity index (χ1) is 11.1. The van der Waals surface area contributed by atoms with E-state index in [9.17, 15) is 8.78 Å². The van der Waals surface area contributed by atoms with Gasteiger partial charge in [-0.3, -0.25) is 0 Å². The second-order valence-electron chi connectivity index (χ2n) is 6.26. The first-order valence-electron chi connectivity index (χ1n) is 7.67. The lowest BCUT2D eigenvalue weighted by atomic mass is 9.89. The summed E-state index contributed by atoms with van der Waals surface area (Å²) in [6.45, 7) is 0. The van der Waals surface area contributed by atoms with Crippen molar-refractivity contribution in [2.45, 2.75) is 24.9 Å². The molecule has 0 aromatic heterocycles. The Labute approximate surface area is 134 Å². The fourth-order valence-corrected chi connectivity index (χ4v) is 3.37. The topological polar surface area (TPSA) is 15.3 Å². The van der Waals surface area contributed by atoms with Crippen molar-refractivity contribution in [3.05, 3.63) is 71.5 Å².